The first-order valence-corrected chi connectivity index (χ1v) is 14.5. The number of halogens is 1. The molecule has 0 amide bonds. The predicted octanol–water partition coefficient (Wildman–Crippen LogP) is 7.54. The van der Waals surface area contributed by atoms with E-state index in [0.717, 1.165) is 50.1 Å². The van der Waals surface area contributed by atoms with Crippen LogP contribution in [0, 0.1) is 5.82 Å². The molecule has 0 saturated carbocycles. The molecule has 0 aromatic heterocycles. The second kappa shape index (κ2) is 20.4. The Balaban J connectivity index is 0.000000471. The van der Waals surface area contributed by atoms with E-state index in [-0.39, 0.29) is 11.2 Å². The standard InChI is InChI=1S/C19H24FNO2S.C10H23N/c1-2-3-12-21-13-4-7-17(19(22)23)18(21)24-14-5-6-15-8-10-16(20)11-9-15;1-2-3-4-5-6-7-8-9-10-11/h4,7-11,13,18H,2-3,5-6,12,14H2,1H3,(H,22,23);2-11H2,1H3. The number of carbonyl (C=O) groups is 1. The minimum atomic E-state index is -0.850. The van der Waals surface area contributed by atoms with Gasteiger partial charge >= 0.3 is 5.97 Å². The van der Waals surface area contributed by atoms with Crippen molar-refractivity contribution in [2.45, 2.75) is 96.3 Å². The molecule has 0 saturated heterocycles. The lowest BCUT2D eigenvalue weighted by atomic mass is 10.1. The highest BCUT2D eigenvalue weighted by Crippen LogP contribution is 2.28. The third-order valence-electron chi connectivity index (χ3n) is 5.99. The van der Waals surface area contributed by atoms with Gasteiger partial charge < -0.3 is 15.7 Å². The molecular weight excluding hydrogens is 459 g/mol. The topological polar surface area (TPSA) is 66.6 Å². The van der Waals surface area contributed by atoms with Crippen molar-refractivity contribution >= 4 is 17.7 Å². The molecule has 0 radical (unpaired) electrons. The molecule has 1 aromatic rings. The second-order valence-electron chi connectivity index (χ2n) is 9.08. The highest BCUT2D eigenvalue weighted by atomic mass is 32.2. The Bertz CT molecular complexity index is 729. The lowest BCUT2D eigenvalue weighted by molar-refractivity contribution is -0.133. The third kappa shape index (κ3) is 14.4. The van der Waals surface area contributed by atoms with Crippen LogP contribution in [0.15, 0.2) is 48.2 Å². The molecule has 1 aliphatic heterocycles. The summed E-state index contributed by atoms with van der Waals surface area (Å²) in [6.07, 6.45) is 20.4. The van der Waals surface area contributed by atoms with Crippen LogP contribution in [0.25, 0.3) is 0 Å². The van der Waals surface area contributed by atoms with Crippen molar-refractivity contribution in [3.05, 3.63) is 59.6 Å². The first-order chi connectivity index (χ1) is 17.0. The van der Waals surface area contributed by atoms with E-state index >= 15 is 0 Å². The summed E-state index contributed by atoms with van der Waals surface area (Å²) in [4.78, 5) is 13.6. The van der Waals surface area contributed by atoms with Crippen molar-refractivity contribution < 1.29 is 14.3 Å². The molecule has 6 heteroatoms. The number of carboxylic acids is 1. The van der Waals surface area contributed by atoms with Crippen LogP contribution in [-0.4, -0.2) is 40.2 Å². The molecule has 35 heavy (non-hydrogen) atoms. The summed E-state index contributed by atoms with van der Waals surface area (Å²) in [5, 5.41) is 9.30. The number of unbranched alkanes of at least 4 members (excludes halogenated alkanes) is 8. The van der Waals surface area contributed by atoms with Crippen molar-refractivity contribution in [1.29, 1.82) is 0 Å². The Morgan fingerprint density at radius 2 is 1.60 bits per heavy atom. The molecule has 198 valence electrons. The van der Waals surface area contributed by atoms with Crippen LogP contribution >= 0.6 is 11.8 Å². The van der Waals surface area contributed by atoms with E-state index in [0.29, 0.717) is 5.57 Å². The Labute approximate surface area is 217 Å². The quantitative estimate of drug-likeness (QED) is 0.214. The normalized spacial score (nSPS) is 14.9. The summed E-state index contributed by atoms with van der Waals surface area (Å²) < 4.78 is 12.9. The predicted molar refractivity (Wildman–Crippen MR) is 149 cm³/mol. The van der Waals surface area contributed by atoms with Crippen molar-refractivity contribution in [3.8, 4) is 0 Å². The number of hydrogen-bond acceptors (Lipinski definition) is 4. The fourth-order valence-corrected chi connectivity index (χ4v) is 5.15. The van der Waals surface area contributed by atoms with Crippen LogP contribution in [0.2, 0.25) is 0 Å². The molecule has 1 aromatic carbocycles. The van der Waals surface area contributed by atoms with Gasteiger partial charge in [0, 0.05) is 12.7 Å². The van der Waals surface area contributed by atoms with Crippen LogP contribution in [0.5, 0.6) is 0 Å². The maximum absolute atomic E-state index is 12.9. The average Bonchev–Trinajstić information content (AvgIpc) is 2.86. The minimum Gasteiger partial charge on any atom is -0.478 e. The zero-order valence-corrected chi connectivity index (χ0v) is 22.7. The van der Waals surface area contributed by atoms with Crippen molar-refractivity contribution in [2.24, 2.45) is 5.73 Å². The molecule has 1 atom stereocenters. The van der Waals surface area contributed by atoms with E-state index in [1.165, 1.54) is 63.5 Å². The first-order valence-electron chi connectivity index (χ1n) is 13.5. The molecular formula is C29H47FN2O2S. The number of hydrogen-bond donors (Lipinski definition) is 2. The zero-order valence-electron chi connectivity index (χ0n) is 21.9. The summed E-state index contributed by atoms with van der Waals surface area (Å²) in [6, 6.07) is 6.57. The monoisotopic (exact) mass is 506 g/mol. The molecule has 0 spiro atoms. The lowest BCUT2D eigenvalue weighted by Gasteiger charge is -2.32. The zero-order chi connectivity index (χ0) is 25.7. The van der Waals surface area contributed by atoms with Gasteiger partial charge in [-0.2, -0.15) is 0 Å². The Morgan fingerprint density at radius 1 is 0.971 bits per heavy atom. The fourth-order valence-electron chi connectivity index (χ4n) is 3.89. The van der Waals surface area contributed by atoms with Gasteiger partial charge in [-0.25, -0.2) is 9.18 Å². The number of thioether (sulfide) groups is 1. The van der Waals surface area contributed by atoms with Gasteiger partial charge in [0.05, 0.1) is 5.57 Å². The van der Waals surface area contributed by atoms with Crippen molar-refractivity contribution in [1.82, 2.24) is 4.90 Å². The summed E-state index contributed by atoms with van der Waals surface area (Å²) in [6.45, 7) is 6.13. The van der Waals surface area contributed by atoms with E-state index in [2.05, 4.69) is 18.7 Å². The molecule has 3 N–H and O–H groups in total. The van der Waals surface area contributed by atoms with Gasteiger partial charge in [0.15, 0.2) is 0 Å². The minimum absolute atomic E-state index is 0.132. The SMILES string of the molecule is CCCCCCCCCCN.CCCCN1C=CC=C(C(=O)O)C1SCCCc1ccc(F)cc1. The number of aliphatic carboxylic acids is 1. The summed E-state index contributed by atoms with van der Waals surface area (Å²) in [5.41, 5.74) is 6.94. The van der Waals surface area contributed by atoms with Gasteiger partial charge in [-0.1, -0.05) is 77.3 Å². The van der Waals surface area contributed by atoms with Gasteiger partial charge in [0.25, 0.3) is 0 Å². The second-order valence-corrected chi connectivity index (χ2v) is 10.3. The van der Waals surface area contributed by atoms with Gasteiger partial charge in [0.1, 0.15) is 11.2 Å². The number of carboxylic acid groups (broad SMARTS) is 1. The van der Waals surface area contributed by atoms with Crippen molar-refractivity contribution in [3.63, 3.8) is 0 Å². The highest BCUT2D eigenvalue weighted by Gasteiger charge is 2.26. The molecule has 1 aliphatic rings. The molecule has 0 aliphatic carbocycles. The molecule has 2 rings (SSSR count). The Morgan fingerprint density at radius 3 is 2.20 bits per heavy atom. The summed E-state index contributed by atoms with van der Waals surface area (Å²) >= 11 is 1.67. The van der Waals surface area contributed by atoms with Gasteiger partial charge in [-0.3, -0.25) is 0 Å². The van der Waals surface area contributed by atoms with E-state index in [4.69, 9.17) is 5.73 Å². The highest BCUT2D eigenvalue weighted by molar-refractivity contribution is 8.00. The average molecular weight is 507 g/mol. The largest absolute Gasteiger partial charge is 0.478 e. The van der Waals surface area contributed by atoms with Crippen LogP contribution in [-0.2, 0) is 11.2 Å². The smallest absolute Gasteiger partial charge is 0.334 e. The molecule has 1 unspecified atom stereocenters. The number of aryl methyl sites for hydroxylation is 1. The summed E-state index contributed by atoms with van der Waals surface area (Å²) in [7, 11) is 0. The van der Waals surface area contributed by atoms with E-state index in [1.54, 1.807) is 30.0 Å². The Kier molecular flexibility index (Phi) is 18.2. The molecule has 0 bridgehead atoms. The van der Waals surface area contributed by atoms with Gasteiger partial charge in [-0.05, 0) is 67.8 Å². The van der Waals surface area contributed by atoms with E-state index in [1.807, 2.05) is 12.3 Å². The van der Waals surface area contributed by atoms with Gasteiger partial charge in [-0.15, -0.1) is 11.8 Å². The molecule has 1 heterocycles. The molecule has 4 nitrogen and oxygen atoms in total. The maximum Gasteiger partial charge on any atom is 0.334 e. The fraction of sp³-hybridized carbons (Fsp3) is 0.621. The summed E-state index contributed by atoms with van der Waals surface area (Å²) in [5.74, 6) is -0.204. The number of benzene rings is 1. The third-order valence-corrected chi connectivity index (χ3v) is 7.36. The van der Waals surface area contributed by atoms with E-state index < -0.39 is 5.97 Å². The number of allylic oxidation sites excluding steroid dienone is 2. The number of nitrogens with two attached hydrogens (primary N) is 1. The van der Waals surface area contributed by atoms with Crippen LogP contribution in [0.4, 0.5) is 4.39 Å². The lowest BCUT2D eigenvalue weighted by Crippen LogP contribution is -2.35. The van der Waals surface area contributed by atoms with E-state index in [9.17, 15) is 14.3 Å². The Hall–Kier alpha value is -1.79. The van der Waals surface area contributed by atoms with Crippen LogP contribution in [0.1, 0.15) is 90.0 Å². The van der Waals surface area contributed by atoms with Gasteiger partial charge in [0.2, 0.25) is 0 Å². The number of nitrogens with zero attached hydrogens (tertiary/aromatic N) is 1. The maximum atomic E-state index is 12.9. The van der Waals surface area contributed by atoms with Crippen molar-refractivity contribution in [2.75, 3.05) is 18.8 Å². The molecule has 0 fully saturated rings. The first kappa shape index (κ1) is 31.2. The van der Waals surface area contributed by atoms with Crippen LogP contribution < -0.4 is 5.73 Å². The number of rotatable bonds is 17. The van der Waals surface area contributed by atoms with Crippen LogP contribution in [0.3, 0.4) is 0 Å².